The van der Waals surface area contributed by atoms with Crippen LogP contribution in [0, 0.1) is 13.8 Å². The summed E-state index contributed by atoms with van der Waals surface area (Å²) in [5.74, 6) is 0.619. The fraction of sp³-hybridized carbons (Fsp3) is 0.150. The first kappa shape index (κ1) is 16.6. The number of pyridine rings is 2. The molecule has 126 valence electrons. The molecule has 2 heterocycles. The zero-order valence-electron chi connectivity index (χ0n) is 14.4. The van der Waals surface area contributed by atoms with Crippen molar-refractivity contribution in [1.82, 2.24) is 9.97 Å². The fourth-order valence-corrected chi connectivity index (χ4v) is 2.68. The van der Waals surface area contributed by atoms with Crippen LogP contribution >= 0.6 is 0 Å². The predicted molar refractivity (Wildman–Crippen MR) is 97.4 cm³/mol. The van der Waals surface area contributed by atoms with Crippen LogP contribution in [0.4, 0.5) is 0 Å². The third kappa shape index (κ3) is 3.50. The van der Waals surface area contributed by atoms with E-state index in [4.69, 9.17) is 4.74 Å². The summed E-state index contributed by atoms with van der Waals surface area (Å²) < 4.78 is 5.38. The number of methoxy groups -OCH3 is 1. The lowest BCUT2D eigenvalue weighted by Gasteiger charge is -2.11. The van der Waals surface area contributed by atoms with E-state index in [1.165, 1.54) is 0 Å². The predicted octanol–water partition coefficient (Wildman–Crippen LogP) is 4.00. The summed E-state index contributed by atoms with van der Waals surface area (Å²) in [4.78, 5) is 9.05. The number of oxime groups is 1. The van der Waals surface area contributed by atoms with Crippen molar-refractivity contribution < 1.29 is 9.94 Å². The minimum absolute atomic E-state index is 0.357. The van der Waals surface area contributed by atoms with Crippen molar-refractivity contribution in [1.29, 1.82) is 0 Å². The highest BCUT2D eigenvalue weighted by Crippen LogP contribution is 2.24. The van der Waals surface area contributed by atoms with Gasteiger partial charge in [0, 0.05) is 11.8 Å². The number of hydrogen-bond acceptors (Lipinski definition) is 5. The maximum Gasteiger partial charge on any atom is 0.139 e. The van der Waals surface area contributed by atoms with Gasteiger partial charge in [0.1, 0.15) is 11.5 Å². The van der Waals surface area contributed by atoms with Crippen molar-refractivity contribution >= 4 is 5.71 Å². The van der Waals surface area contributed by atoms with Crippen LogP contribution in [0.1, 0.15) is 22.4 Å². The summed E-state index contributed by atoms with van der Waals surface area (Å²) in [6, 6.07) is 15.1. The van der Waals surface area contributed by atoms with Gasteiger partial charge in [-0.2, -0.15) is 0 Å². The molecule has 0 atom stereocenters. The molecular formula is C20H19N3O2. The smallest absolute Gasteiger partial charge is 0.139 e. The van der Waals surface area contributed by atoms with Crippen LogP contribution in [0.3, 0.4) is 0 Å². The Balaban J connectivity index is 2.13. The van der Waals surface area contributed by atoms with Gasteiger partial charge in [-0.1, -0.05) is 17.3 Å². The minimum atomic E-state index is 0.357. The van der Waals surface area contributed by atoms with Gasteiger partial charge in [0.25, 0.3) is 0 Å². The Morgan fingerprint density at radius 3 is 2.48 bits per heavy atom. The maximum absolute atomic E-state index is 9.63. The molecule has 0 saturated carbocycles. The van der Waals surface area contributed by atoms with Crippen LogP contribution in [0.2, 0.25) is 0 Å². The van der Waals surface area contributed by atoms with E-state index in [2.05, 4.69) is 15.1 Å². The van der Waals surface area contributed by atoms with Gasteiger partial charge in [0.15, 0.2) is 0 Å². The highest BCUT2D eigenvalue weighted by molar-refractivity contribution is 6.13. The Morgan fingerprint density at radius 2 is 1.76 bits per heavy atom. The first-order valence-corrected chi connectivity index (χ1v) is 7.90. The fourth-order valence-electron chi connectivity index (χ4n) is 2.68. The first-order chi connectivity index (χ1) is 12.1. The summed E-state index contributed by atoms with van der Waals surface area (Å²) in [7, 11) is 1.58. The van der Waals surface area contributed by atoms with Gasteiger partial charge in [-0.05, 0) is 61.4 Å². The largest absolute Gasteiger partial charge is 0.496 e. The van der Waals surface area contributed by atoms with Crippen molar-refractivity contribution in [3.05, 3.63) is 77.1 Å². The van der Waals surface area contributed by atoms with Crippen LogP contribution in [-0.4, -0.2) is 28.0 Å². The summed E-state index contributed by atoms with van der Waals surface area (Å²) >= 11 is 0. The molecule has 3 aromatic rings. The molecular weight excluding hydrogens is 314 g/mol. The molecule has 0 saturated heterocycles. The molecule has 3 rings (SSSR count). The lowest BCUT2D eigenvalue weighted by Crippen LogP contribution is -2.09. The van der Waals surface area contributed by atoms with Gasteiger partial charge in [0.05, 0.1) is 24.2 Å². The first-order valence-electron chi connectivity index (χ1n) is 7.90. The lowest BCUT2D eigenvalue weighted by atomic mass is 10.0. The number of aryl methyl sites for hydroxylation is 2. The molecule has 0 amide bonds. The molecule has 0 unspecified atom stereocenters. The van der Waals surface area contributed by atoms with E-state index in [9.17, 15) is 5.21 Å². The normalized spacial score (nSPS) is 11.4. The van der Waals surface area contributed by atoms with Crippen molar-refractivity contribution in [2.24, 2.45) is 5.16 Å². The minimum Gasteiger partial charge on any atom is -0.496 e. The molecule has 0 spiro atoms. The Hall–Kier alpha value is -3.21. The summed E-state index contributed by atoms with van der Waals surface area (Å²) in [6.45, 7) is 3.99. The van der Waals surface area contributed by atoms with E-state index in [0.717, 1.165) is 22.5 Å². The van der Waals surface area contributed by atoms with Gasteiger partial charge in [0.2, 0.25) is 0 Å². The molecule has 0 aliphatic rings. The quantitative estimate of drug-likeness (QED) is 0.445. The van der Waals surface area contributed by atoms with Gasteiger partial charge in [-0.15, -0.1) is 0 Å². The second-order valence-electron chi connectivity index (χ2n) is 5.78. The molecule has 0 radical (unpaired) electrons. The number of benzene rings is 1. The van der Waals surface area contributed by atoms with Crippen molar-refractivity contribution in [3.8, 4) is 17.1 Å². The van der Waals surface area contributed by atoms with E-state index in [-0.39, 0.29) is 0 Å². The van der Waals surface area contributed by atoms with Gasteiger partial charge >= 0.3 is 0 Å². The molecule has 5 heteroatoms. The SMILES string of the molecule is COc1ccccc1C(=NO)c1cc(C)cc(-c2cc(C)ccn2)n1. The van der Waals surface area contributed by atoms with E-state index >= 15 is 0 Å². The molecule has 0 bridgehead atoms. The van der Waals surface area contributed by atoms with E-state index < -0.39 is 0 Å². The molecule has 1 N–H and O–H groups in total. The van der Waals surface area contributed by atoms with Crippen molar-refractivity contribution in [3.63, 3.8) is 0 Å². The van der Waals surface area contributed by atoms with Crippen molar-refractivity contribution in [2.75, 3.05) is 7.11 Å². The van der Waals surface area contributed by atoms with E-state index in [1.54, 1.807) is 13.3 Å². The zero-order valence-corrected chi connectivity index (χ0v) is 14.4. The van der Waals surface area contributed by atoms with E-state index in [1.807, 2.05) is 62.4 Å². The average molecular weight is 333 g/mol. The molecule has 2 aromatic heterocycles. The topological polar surface area (TPSA) is 67.6 Å². The summed E-state index contributed by atoms with van der Waals surface area (Å²) in [5, 5.41) is 13.1. The number of aromatic nitrogens is 2. The molecule has 5 nitrogen and oxygen atoms in total. The number of para-hydroxylation sites is 1. The third-order valence-electron chi connectivity index (χ3n) is 3.85. The molecule has 25 heavy (non-hydrogen) atoms. The second kappa shape index (κ2) is 7.13. The highest BCUT2D eigenvalue weighted by atomic mass is 16.5. The van der Waals surface area contributed by atoms with Gasteiger partial charge in [-0.25, -0.2) is 4.98 Å². The number of hydrogen-bond donors (Lipinski definition) is 1. The van der Waals surface area contributed by atoms with Crippen LogP contribution in [0.5, 0.6) is 5.75 Å². The Bertz CT molecular complexity index is 936. The van der Waals surface area contributed by atoms with Crippen LogP contribution < -0.4 is 4.74 Å². The van der Waals surface area contributed by atoms with Crippen LogP contribution in [0.25, 0.3) is 11.4 Å². The standard InChI is InChI=1S/C20H19N3O2/c1-13-8-9-21-16(10-13)17-11-14(2)12-18(22-17)20(23-24)15-6-4-5-7-19(15)25-3/h4-12,24H,1-3H3. The third-order valence-corrected chi connectivity index (χ3v) is 3.85. The molecule has 0 aliphatic carbocycles. The number of ether oxygens (including phenoxy) is 1. The summed E-state index contributed by atoms with van der Waals surface area (Å²) in [6.07, 6.45) is 1.76. The summed E-state index contributed by atoms with van der Waals surface area (Å²) in [5.41, 5.74) is 5.21. The van der Waals surface area contributed by atoms with Crippen molar-refractivity contribution in [2.45, 2.75) is 13.8 Å². The average Bonchev–Trinajstić information content (AvgIpc) is 2.62. The molecule has 0 fully saturated rings. The van der Waals surface area contributed by atoms with Crippen LogP contribution in [0.15, 0.2) is 59.9 Å². The Kier molecular flexibility index (Phi) is 4.75. The lowest BCUT2D eigenvalue weighted by molar-refractivity contribution is 0.319. The number of nitrogens with zero attached hydrogens (tertiary/aromatic N) is 3. The Morgan fingerprint density at radius 1 is 1.00 bits per heavy atom. The molecule has 1 aromatic carbocycles. The zero-order chi connectivity index (χ0) is 17.8. The maximum atomic E-state index is 9.63. The van der Waals surface area contributed by atoms with Gasteiger partial charge in [-0.3, -0.25) is 4.98 Å². The number of rotatable bonds is 4. The van der Waals surface area contributed by atoms with Gasteiger partial charge < -0.3 is 9.94 Å². The van der Waals surface area contributed by atoms with Crippen LogP contribution in [-0.2, 0) is 0 Å². The van der Waals surface area contributed by atoms with E-state index in [0.29, 0.717) is 22.7 Å². The monoisotopic (exact) mass is 333 g/mol. The highest BCUT2D eigenvalue weighted by Gasteiger charge is 2.16. The second-order valence-corrected chi connectivity index (χ2v) is 5.78. The Labute approximate surface area is 146 Å². The molecule has 0 aliphatic heterocycles.